The first-order valence-corrected chi connectivity index (χ1v) is 34.2. The maximum absolute atomic E-state index is 5.83. The van der Waals surface area contributed by atoms with Gasteiger partial charge in [0.05, 0.1) is 56.2 Å². The molecule has 0 atom stereocenters. The molecule has 17 aromatic carbocycles. The van der Waals surface area contributed by atoms with E-state index in [0.29, 0.717) is 0 Å². The number of hydrogen-bond donors (Lipinski definition) is 0. The molecule has 98 heavy (non-hydrogen) atoms. The van der Waals surface area contributed by atoms with E-state index in [9.17, 15) is 0 Å². The van der Waals surface area contributed by atoms with Gasteiger partial charge in [-0.3, -0.25) is 0 Å². The highest BCUT2D eigenvalue weighted by atomic mass is 15.0. The van der Waals surface area contributed by atoms with Crippen molar-refractivity contribution < 1.29 is 0 Å². The molecule has 2 aliphatic rings. The third kappa shape index (κ3) is 7.38. The van der Waals surface area contributed by atoms with Crippen molar-refractivity contribution in [2.24, 2.45) is 0 Å². The van der Waals surface area contributed by atoms with Crippen LogP contribution in [0, 0.1) is 0 Å². The van der Waals surface area contributed by atoms with E-state index in [1.165, 1.54) is 151 Å². The van der Waals surface area contributed by atoms with Crippen LogP contribution in [0.5, 0.6) is 0 Å². The Balaban J connectivity index is 0.791. The van der Waals surface area contributed by atoms with E-state index in [1.54, 1.807) is 0 Å². The number of fused-ring (bicyclic) bond motifs is 7. The summed E-state index contributed by atoms with van der Waals surface area (Å²) in [5.74, 6) is 0. The Morgan fingerprint density at radius 3 is 1.29 bits per heavy atom. The lowest BCUT2D eigenvalue weighted by atomic mass is 9.91. The van der Waals surface area contributed by atoms with E-state index in [2.05, 4.69) is 313 Å². The second-order valence-corrected chi connectivity index (χ2v) is 27.4. The highest BCUT2D eigenvalue weighted by molar-refractivity contribution is 6.28. The largest absolute Gasteiger partial charge is 0.309 e. The lowest BCUT2D eigenvalue weighted by Gasteiger charge is -2.17. The summed E-state index contributed by atoms with van der Waals surface area (Å²) in [4.78, 5) is 11.6. The molecule has 0 spiro atoms. The normalized spacial score (nSPS) is 13.3. The first-order valence-electron chi connectivity index (χ1n) is 34.2. The van der Waals surface area contributed by atoms with E-state index in [0.717, 1.165) is 91.3 Å². The SMILES string of the molecule is C1=CCc2ccc3cc(-c4cc(-n5c6ccccc6c6ccc7c(c8ccccc8n7-c7cc(-c8cc9ccc%10cccc%11ccc(c8)c9c%10%11)nc(-c8cc9ccc%10cccc%11ccc(c8)c9c%10%11)c7)c65)cc(-c5cc6ccc7c8c(ccc(c5)c68)=CCC=C7)n4)cc4ccc(c2c34)=C1. The summed E-state index contributed by atoms with van der Waals surface area (Å²) in [6, 6.07) is 101. The van der Waals surface area contributed by atoms with Crippen molar-refractivity contribution in [3.05, 3.63) is 307 Å². The van der Waals surface area contributed by atoms with Gasteiger partial charge in [0, 0.05) is 43.8 Å². The van der Waals surface area contributed by atoms with Gasteiger partial charge in [-0.1, -0.05) is 212 Å². The van der Waals surface area contributed by atoms with Crippen LogP contribution in [0.15, 0.2) is 285 Å². The van der Waals surface area contributed by atoms with Crippen LogP contribution in [0.3, 0.4) is 0 Å². The van der Waals surface area contributed by atoms with Gasteiger partial charge < -0.3 is 9.13 Å². The van der Waals surface area contributed by atoms with E-state index >= 15 is 0 Å². The monoisotopic (exact) mass is 1240 g/mol. The summed E-state index contributed by atoms with van der Waals surface area (Å²) in [6.45, 7) is 0. The number of pyridine rings is 2. The minimum absolute atomic E-state index is 0.911. The Morgan fingerprint density at radius 1 is 0.286 bits per heavy atom. The predicted octanol–water partition coefficient (Wildman–Crippen LogP) is 23.3. The van der Waals surface area contributed by atoms with Gasteiger partial charge in [0.2, 0.25) is 0 Å². The molecule has 4 heteroatoms. The number of para-hydroxylation sites is 2. The zero-order valence-corrected chi connectivity index (χ0v) is 53.1. The fourth-order valence-electron chi connectivity index (χ4n) is 17.9. The Kier molecular flexibility index (Phi) is 10.4. The minimum atomic E-state index is 0.911. The van der Waals surface area contributed by atoms with Gasteiger partial charge in [0.1, 0.15) is 0 Å². The summed E-state index contributed by atoms with van der Waals surface area (Å²) in [7, 11) is 0. The molecule has 0 radical (unpaired) electrons. The molecule has 0 bridgehead atoms. The molecule has 4 nitrogen and oxygen atoms in total. The number of rotatable bonds is 6. The number of hydrogen-bond acceptors (Lipinski definition) is 2. The molecule has 0 unspecified atom stereocenters. The third-order valence-corrected chi connectivity index (χ3v) is 22.1. The molecule has 4 aromatic heterocycles. The molecule has 2 aliphatic carbocycles. The van der Waals surface area contributed by atoms with E-state index in [-0.39, 0.29) is 0 Å². The van der Waals surface area contributed by atoms with E-state index < -0.39 is 0 Å². The van der Waals surface area contributed by atoms with Gasteiger partial charge in [-0.15, -0.1) is 0 Å². The van der Waals surface area contributed by atoms with Gasteiger partial charge in [-0.05, 0) is 233 Å². The van der Waals surface area contributed by atoms with Crippen molar-refractivity contribution in [1.82, 2.24) is 19.1 Å². The summed E-state index contributed by atoms with van der Waals surface area (Å²) < 4.78 is 5.06. The first kappa shape index (κ1) is 52.6. The average molecular weight is 1240 g/mol. The Bertz CT molecular complexity index is 7030. The molecular weight excluding hydrogens is 1190 g/mol. The zero-order chi connectivity index (χ0) is 63.6. The number of aromatic nitrogens is 4. The lowest BCUT2D eigenvalue weighted by Crippen LogP contribution is -2.04. The summed E-state index contributed by atoms with van der Waals surface area (Å²) >= 11 is 0. The molecule has 450 valence electrons. The Hall–Kier alpha value is -12.8. The van der Waals surface area contributed by atoms with Crippen molar-refractivity contribution in [3.63, 3.8) is 0 Å². The zero-order valence-electron chi connectivity index (χ0n) is 53.1. The fraction of sp³-hybridized carbons (Fsp3) is 0.0213. The van der Waals surface area contributed by atoms with Crippen LogP contribution >= 0.6 is 0 Å². The Labute approximate surface area is 561 Å². The second kappa shape index (κ2) is 19.4. The van der Waals surface area contributed by atoms with Crippen LogP contribution in [0.4, 0.5) is 0 Å². The third-order valence-electron chi connectivity index (χ3n) is 22.1. The molecule has 0 aliphatic heterocycles. The number of benzene rings is 17. The van der Waals surface area contributed by atoms with Crippen LogP contribution in [-0.4, -0.2) is 19.1 Å². The number of allylic oxidation sites excluding steroid dienone is 3. The van der Waals surface area contributed by atoms with Crippen LogP contribution in [0.1, 0.15) is 17.5 Å². The van der Waals surface area contributed by atoms with E-state index in [1.807, 2.05) is 0 Å². The molecule has 0 saturated heterocycles. The molecule has 4 heterocycles. The highest BCUT2D eigenvalue weighted by Gasteiger charge is 2.25. The highest BCUT2D eigenvalue weighted by Crippen LogP contribution is 2.47. The topological polar surface area (TPSA) is 35.6 Å². The maximum Gasteiger partial charge on any atom is 0.0730 e. The fourth-order valence-corrected chi connectivity index (χ4v) is 17.9. The van der Waals surface area contributed by atoms with Crippen LogP contribution in [-0.2, 0) is 6.42 Å². The number of nitrogens with zero attached hydrogens (tertiary/aromatic N) is 4. The van der Waals surface area contributed by atoms with Crippen molar-refractivity contribution in [1.29, 1.82) is 0 Å². The van der Waals surface area contributed by atoms with E-state index in [4.69, 9.17) is 9.97 Å². The molecule has 0 N–H and O–H groups in total. The van der Waals surface area contributed by atoms with Gasteiger partial charge in [-0.25, -0.2) is 9.97 Å². The van der Waals surface area contributed by atoms with Crippen molar-refractivity contribution in [2.45, 2.75) is 12.8 Å². The Morgan fingerprint density at radius 2 is 0.724 bits per heavy atom. The molecule has 0 saturated carbocycles. The average Bonchev–Trinajstić information content (AvgIpc) is 1.55. The smallest absolute Gasteiger partial charge is 0.0730 e. The molecule has 21 aromatic rings. The molecular formula is C94H54N4. The summed E-state index contributed by atoms with van der Waals surface area (Å²) in [5.41, 5.74) is 17.2. The summed E-state index contributed by atoms with van der Waals surface area (Å²) in [5, 5.41) is 32.5. The van der Waals surface area contributed by atoms with Crippen molar-refractivity contribution in [3.8, 4) is 56.4 Å². The quantitative estimate of drug-likeness (QED) is 0.156. The van der Waals surface area contributed by atoms with Crippen molar-refractivity contribution in [2.75, 3.05) is 0 Å². The van der Waals surface area contributed by atoms with Crippen LogP contribution in [0.2, 0.25) is 0 Å². The molecule has 0 fully saturated rings. The van der Waals surface area contributed by atoms with Gasteiger partial charge in [0.25, 0.3) is 0 Å². The van der Waals surface area contributed by atoms with Crippen LogP contribution in [0.25, 0.3) is 226 Å². The van der Waals surface area contributed by atoms with Crippen LogP contribution < -0.4 is 10.4 Å². The standard InChI is InChI=1S/C94H54N4/c1-2-12-54-24-32-62-46-71(45-61-31-23-53(11-1)85(54)89(61)62)80-51-74(52-81(96-80)72-47-63-33-25-55-13-3-4-14-56-26-34-64(48-72)90(63)86(55)56)98-82-21-7-5-19-75(82)76-39-40-84-93(94(76)98)77-20-6-8-22-83(77)97(84)73-49-78(69-41-65-35-27-57-15-9-16-58-28-36-66(42-69)91(65)87(57)58)95-79(50-73)70-43-67-37-29-59-17-10-18-60-30-38-68(44-70)92(67)88(59)60/h1-3,5-11,13-52H,4,12H2. The van der Waals surface area contributed by atoms with Crippen molar-refractivity contribution >= 4 is 170 Å². The van der Waals surface area contributed by atoms with Gasteiger partial charge >= 0.3 is 0 Å². The summed E-state index contributed by atoms with van der Waals surface area (Å²) in [6.07, 6.45) is 15.5. The van der Waals surface area contributed by atoms with Gasteiger partial charge in [0.15, 0.2) is 0 Å². The lowest BCUT2D eigenvalue weighted by molar-refractivity contribution is 1.15. The maximum atomic E-state index is 5.83. The molecule has 0 amide bonds. The predicted molar refractivity (Wildman–Crippen MR) is 416 cm³/mol. The van der Waals surface area contributed by atoms with Gasteiger partial charge in [-0.2, -0.15) is 0 Å². The second-order valence-electron chi connectivity index (χ2n) is 27.4. The molecule has 23 rings (SSSR count). The first-order chi connectivity index (χ1) is 48.5. The minimum Gasteiger partial charge on any atom is -0.309 e.